The summed E-state index contributed by atoms with van der Waals surface area (Å²) in [6.45, 7) is 4.71. The van der Waals surface area contributed by atoms with Crippen molar-refractivity contribution in [3.8, 4) is 0 Å². The van der Waals surface area contributed by atoms with Gasteiger partial charge in [-0.3, -0.25) is 9.59 Å². The van der Waals surface area contributed by atoms with E-state index in [1.165, 1.54) is 83.5 Å². The van der Waals surface area contributed by atoms with E-state index < -0.39 is 24.3 Å². The van der Waals surface area contributed by atoms with E-state index in [1.54, 1.807) is 0 Å². The highest BCUT2D eigenvalue weighted by Gasteiger charge is 2.25. The highest BCUT2D eigenvalue weighted by atomic mass is 16.7. The van der Waals surface area contributed by atoms with Crippen LogP contribution in [0, 0.1) is 0 Å². The Balaban J connectivity index is 4.30. The Morgan fingerprint density at radius 2 is 0.803 bits per heavy atom. The molecule has 2 atom stereocenters. The van der Waals surface area contributed by atoms with Gasteiger partial charge in [-0.25, -0.2) is 4.79 Å². The molecule has 0 aromatic carbocycles. The summed E-state index contributed by atoms with van der Waals surface area (Å²) in [4.78, 5) is 37.4. The average molecular weight is 994 g/mol. The molecule has 9 nitrogen and oxygen atoms in total. The quantitative estimate of drug-likeness (QED) is 0.0211. The minimum atomic E-state index is -1.52. The van der Waals surface area contributed by atoms with Crippen LogP contribution in [-0.2, 0) is 33.3 Å². The monoisotopic (exact) mass is 993 g/mol. The second kappa shape index (κ2) is 52.5. The molecule has 0 aliphatic carbocycles. The first-order valence-electron chi connectivity index (χ1n) is 28.4. The highest BCUT2D eigenvalue weighted by molar-refractivity contribution is 5.71. The number of quaternary nitrogens is 1. The van der Waals surface area contributed by atoms with E-state index in [4.69, 9.17) is 18.9 Å². The van der Waals surface area contributed by atoms with Crippen molar-refractivity contribution in [1.29, 1.82) is 0 Å². The predicted molar refractivity (Wildman–Crippen MR) is 299 cm³/mol. The molecule has 0 fully saturated rings. The number of hydrogen-bond acceptors (Lipinski definition) is 7. The van der Waals surface area contributed by atoms with Crippen LogP contribution in [-0.4, -0.2) is 87.4 Å². The molecule has 1 N–H and O–H groups in total. The number of likely N-dealkylation sites (N-methyl/N-ethyl adjacent to an activating group) is 1. The molecule has 0 heterocycles. The zero-order valence-electron chi connectivity index (χ0n) is 46.1. The van der Waals surface area contributed by atoms with Gasteiger partial charge in [-0.15, -0.1) is 0 Å². The molecule has 406 valence electrons. The molecule has 2 unspecified atom stereocenters. The number of carbonyl (C=O) groups excluding carboxylic acids is 2. The van der Waals surface area contributed by atoms with Gasteiger partial charge in [0.25, 0.3) is 6.29 Å². The van der Waals surface area contributed by atoms with Crippen molar-refractivity contribution < 1.29 is 42.9 Å². The first-order chi connectivity index (χ1) is 34.6. The molecule has 0 aromatic heterocycles. The molecule has 0 aliphatic rings. The van der Waals surface area contributed by atoms with Gasteiger partial charge in [0.1, 0.15) is 13.2 Å². The molecule has 0 aliphatic heterocycles. The number of ether oxygens (including phenoxy) is 4. The minimum absolute atomic E-state index is 0.180. The van der Waals surface area contributed by atoms with Crippen LogP contribution in [0.3, 0.4) is 0 Å². The third kappa shape index (κ3) is 53.8. The summed E-state index contributed by atoms with van der Waals surface area (Å²) in [5.41, 5.74) is 0. The summed E-state index contributed by atoms with van der Waals surface area (Å²) in [7, 11) is 5.96. The van der Waals surface area contributed by atoms with Crippen molar-refractivity contribution in [2.75, 3.05) is 47.5 Å². The standard InChI is InChI=1S/C62H105NO8/c1-6-8-10-12-14-16-18-20-22-24-26-27-28-29-30-31-32-33-35-37-39-41-43-45-47-49-51-53-60(65)71-58(57-70-62(61(66)67)68-55-54-63(3,4)5)56-69-59(64)52-50-48-46-44-42-40-38-36-34-25-23-21-19-17-15-13-11-9-7-2/h8,10,14-17,20-23,26-27,29-30,34,36,58,62H,6-7,9,11-13,18-19,24-25,28,31-33,35,37-57H2,1-5H3/p+1/b10-8-,16-14-,17-15-,22-20-,23-21-,27-26-,30-29-,36-34-. The van der Waals surface area contributed by atoms with E-state index in [9.17, 15) is 19.5 Å². The summed E-state index contributed by atoms with van der Waals surface area (Å²) in [5.74, 6) is -2.03. The molecule has 71 heavy (non-hydrogen) atoms. The zero-order chi connectivity index (χ0) is 52.0. The number of hydrogen-bond donors (Lipinski definition) is 1. The van der Waals surface area contributed by atoms with Crippen molar-refractivity contribution in [2.45, 2.75) is 232 Å². The Kier molecular flexibility index (Phi) is 49.7. The van der Waals surface area contributed by atoms with E-state index in [0.717, 1.165) is 103 Å². The van der Waals surface area contributed by atoms with Crippen LogP contribution in [0.1, 0.15) is 219 Å². The zero-order valence-corrected chi connectivity index (χ0v) is 46.1. The second-order valence-corrected chi connectivity index (χ2v) is 19.9. The molecule has 0 rings (SSSR count). The van der Waals surface area contributed by atoms with Gasteiger partial charge in [0.2, 0.25) is 0 Å². The van der Waals surface area contributed by atoms with Crippen LogP contribution < -0.4 is 0 Å². The maximum Gasteiger partial charge on any atom is 0.361 e. The molecule has 0 saturated carbocycles. The number of carboxylic acids is 1. The van der Waals surface area contributed by atoms with Crippen molar-refractivity contribution in [1.82, 2.24) is 0 Å². The predicted octanol–water partition coefficient (Wildman–Crippen LogP) is 16.6. The van der Waals surface area contributed by atoms with Crippen LogP contribution in [0.2, 0.25) is 0 Å². The van der Waals surface area contributed by atoms with E-state index in [-0.39, 0.29) is 38.6 Å². The SMILES string of the molecule is CC/C=C\C/C=C\C/C=C\C/C=C\C/C=C\CCCCCCCCCCCCCC(=O)OC(COC(=O)CCCCCCCC/C=C\C/C=C\C/C=C\CCCCC)COC(OCC[N+](C)(C)C)C(=O)O. The number of allylic oxidation sites excluding steroid dienone is 16. The Labute approximate surface area is 435 Å². The summed E-state index contributed by atoms with van der Waals surface area (Å²) in [5, 5.41) is 9.70. The number of rotatable bonds is 51. The van der Waals surface area contributed by atoms with Crippen LogP contribution in [0.5, 0.6) is 0 Å². The van der Waals surface area contributed by atoms with Crippen LogP contribution in [0.4, 0.5) is 0 Å². The molecular formula is C62H106NO8+. The normalized spacial score (nSPS) is 13.5. The van der Waals surface area contributed by atoms with Gasteiger partial charge in [-0.1, -0.05) is 207 Å². The topological polar surface area (TPSA) is 108 Å². The molecule has 0 aromatic rings. The van der Waals surface area contributed by atoms with Gasteiger partial charge >= 0.3 is 17.9 Å². The number of nitrogens with zero attached hydrogens (tertiary/aromatic N) is 1. The third-order valence-corrected chi connectivity index (χ3v) is 11.8. The van der Waals surface area contributed by atoms with Gasteiger partial charge in [0, 0.05) is 12.8 Å². The van der Waals surface area contributed by atoms with E-state index in [0.29, 0.717) is 17.4 Å². The maximum atomic E-state index is 12.9. The summed E-state index contributed by atoms with van der Waals surface area (Å²) >= 11 is 0. The molecular weight excluding hydrogens is 887 g/mol. The van der Waals surface area contributed by atoms with Crippen molar-refractivity contribution >= 4 is 17.9 Å². The molecule has 0 saturated heterocycles. The number of esters is 2. The fourth-order valence-corrected chi connectivity index (χ4v) is 7.46. The fraction of sp³-hybridized carbons (Fsp3) is 0.694. The number of aliphatic carboxylic acids is 1. The van der Waals surface area contributed by atoms with Crippen molar-refractivity contribution in [2.24, 2.45) is 0 Å². The Bertz CT molecular complexity index is 1480. The molecule has 0 bridgehead atoms. The molecule has 0 radical (unpaired) electrons. The lowest BCUT2D eigenvalue weighted by atomic mass is 10.0. The van der Waals surface area contributed by atoms with Gasteiger partial charge in [-0.05, 0) is 96.3 Å². The van der Waals surface area contributed by atoms with E-state index in [2.05, 4.69) is 111 Å². The number of unbranched alkanes of at least 4 members (excludes halogenated alkanes) is 20. The third-order valence-electron chi connectivity index (χ3n) is 11.8. The van der Waals surface area contributed by atoms with Crippen LogP contribution in [0.25, 0.3) is 0 Å². The Morgan fingerprint density at radius 1 is 0.437 bits per heavy atom. The van der Waals surface area contributed by atoms with E-state index in [1.807, 2.05) is 21.1 Å². The lowest BCUT2D eigenvalue weighted by Gasteiger charge is -2.25. The fourth-order valence-electron chi connectivity index (χ4n) is 7.46. The van der Waals surface area contributed by atoms with Gasteiger partial charge < -0.3 is 28.5 Å². The van der Waals surface area contributed by atoms with Gasteiger partial charge in [-0.2, -0.15) is 0 Å². The van der Waals surface area contributed by atoms with Crippen LogP contribution in [0.15, 0.2) is 97.2 Å². The highest BCUT2D eigenvalue weighted by Crippen LogP contribution is 2.15. The van der Waals surface area contributed by atoms with Gasteiger partial charge in [0.15, 0.2) is 6.10 Å². The second-order valence-electron chi connectivity index (χ2n) is 19.9. The first kappa shape index (κ1) is 67.2. The molecule has 0 amide bonds. The Morgan fingerprint density at radius 3 is 1.20 bits per heavy atom. The smallest absolute Gasteiger partial charge is 0.361 e. The number of carbonyl (C=O) groups is 3. The van der Waals surface area contributed by atoms with Crippen molar-refractivity contribution in [3.05, 3.63) is 97.2 Å². The lowest BCUT2D eigenvalue weighted by molar-refractivity contribution is -0.870. The van der Waals surface area contributed by atoms with Crippen LogP contribution >= 0.6 is 0 Å². The van der Waals surface area contributed by atoms with Crippen molar-refractivity contribution in [3.63, 3.8) is 0 Å². The summed E-state index contributed by atoms with van der Waals surface area (Å²) < 4.78 is 22.9. The molecule has 0 spiro atoms. The first-order valence-corrected chi connectivity index (χ1v) is 28.4. The largest absolute Gasteiger partial charge is 0.477 e. The lowest BCUT2D eigenvalue weighted by Crippen LogP contribution is -2.40. The summed E-state index contributed by atoms with van der Waals surface area (Å²) in [6, 6.07) is 0. The van der Waals surface area contributed by atoms with E-state index >= 15 is 0 Å². The average Bonchev–Trinajstić information content (AvgIpc) is 3.34. The minimum Gasteiger partial charge on any atom is -0.477 e. The molecule has 9 heteroatoms. The number of carboxylic acid groups (broad SMARTS) is 1. The maximum absolute atomic E-state index is 12.9. The van der Waals surface area contributed by atoms with Gasteiger partial charge in [0.05, 0.1) is 34.4 Å². The summed E-state index contributed by atoms with van der Waals surface area (Å²) in [6.07, 6.45) is 67.6. The Hall–Kier alpha value is -3.79.